The number of carboxylic acids is 1. The molecule has 25 heavy (non-hydrogen) atoms. The van der Waals surface area contributed by atoms with Gasteiger partial charge in [-0.2, -0.15) is 5.10 Å². The van der Waals surface area contributed by atoms with Gasteiger partial charge in [0.2, 0.25) is 5.13 Å². The van der Waals surface area contributed by atoms with Crippen LogP contribution in [0.5, 0.6) is 5.75 Å². The Morgan fingerprint density at radius 2 is 2.08 bits per heavy atom. The van der Waals surface area contributed by atoms with Crippen LogP contribution in [0.15, 0.2) is 47.6 Å². The lowest BCUT2D eigenvalue weighted by Gasteiger charge is -2.05. The molecule has 0 aliphatic carbocycles. The first kappa shape index (κ1) is 17.2. The summed E-state index contributed by atoms with van der Waals surface area (Å²) in [4.78, 5) is 14.9. The second kappa shape index (κ2) is 7.50. The number of fused-ring (bicyclic) bond motifs is 1. The van der Waals surface area contributed by atoms with E-state index in [1.165, 1.54) is 11.3 Å². The molecule has 0 spiro atoms. The van der Waals surface area contributed by atoms with E-state index in [1.807, 2.05) is 31.2 Å². The van der Waals surface area contributed by atoms with Gasteiger partial charge in [-0.3, -0.25) is 5.43 Å². The number of aromatic nitrogens is 1. The normalized spacial score (nSPS) is 11.5. The van der Waals surface area contributed by atoms with Crippen LogP contribution in [0.1, 0.15) is 12.5 Å². The summed E-state index contributed by atoms with van der Waals surface area (Å²) >= 11 is 7.45. The zero-order valence-electron chi connectivity index (χ0n) is 13.2. The highest BCUT2D eigenvalue weighted by Crippen LogP contribution is 2.28. The summed E-state index contributed by atoms with van der Waals surface area (Å²) in [6, 6.07) is 12.6. The summed E-state index contributed by atoms with van der Waals surface area (Å²) in [7, 11) is 0. The van der Waals surface area contributed by atoms with Crippen molar-refractivity contribution in [3.05, 3.63) is 53.1 Å². The number of benzene rings is 2. The molecule has 1 heterocycles. The van der Waals surface area contributed by atoms with Crippen LogP contribution < -0.4 is 10.2 Å². The van der Waals surface area contributed by atoms with Crippen molar-refractivity contribution < 1.29 is 14.6 Å². The van der Waals surface area contributed by atoms with Gasteiger partial charge in [-0.05, 0) is 55.0 Å². The molecule has 3 aromatic rings. The van der Waals surface area contributed by atoms with Crippen LogP contribution in [-0.2, 0) is 4.79 Å². The van der Waals surface area contributed by atoms with E-state index in [0.29, 0.717) is 15.9 Å². The van der Waals surface area contributed by atoms with Crippen molar-refractivity contribution in [2.45, 2.75) is 6.92 Å². The fraction of sp³-hybridized carbons (Fsp3) is 0.118. The minimum atomic E-state index is -1.01. The monoisotopic (exact) mass is 375 g/mol. The van der Waals surface area contributed by atoms with Crippen LogP contribution >= 0.6 is 22.9 Å². The van der Waals surface area contributed by atoms with Gasteiger partial charge in [0.15, 0.2) is 6.61 Å². The molecule has 2 aromatic carbocycles. The highest BCUT2D eigenvalue weighted by atomic mass is 35.5. The molecule has 1 aromatic heterocycles. The van der Waals surface area contributed by atoms with Gasteiger partial charge in [0.05, 0.1) is 15.9 Å². The van der Waals surface area contributed by atoms with Crippen molar-refractivity contribution in [1.29, 1.82) is 0 Å². The van der Waals surface area contributed by atoms with Crippen molar-refractivity contribution in [3.63, 3.8) is 0 Å². The molecule has 128 valence electrons. The number of ether oxygens (including phenoxy) is 1. The Morgan fingerprint density at radius 3 is 2.80 bits per heavy atom. The van der Waals surface area contributed by atoms with Crippen LogP contribution in [0.2, 0.25) is 5.02 Å². The molecule has 8 heteroatoms. The second-order valence-corrected chi connectivity index (χ2v) is 6.61. The number of carboxylic acid groups (broad SMARTS) is 1. The Kier molecular flexibility index (Phi) is 5.16. The van der Waals surface area contributed by atoms with Gasteiger partial charge in [0.25, 0.3) is 0 Å². The Hall–Kier alpha value is -2.64. The molecule has 0 aliphatic heterocycles. The predicted molar refractivity (Wildman–Crippen MR) is 100 cm³/mol. The minimum absolute atomic E-state index is 0.365. The van der Waals surface area contributed by atoms with E-state index in [2.05, 4.69) is 15.5 Å². The van der Waals surface area contributed by atoms with Crippen LogP contribution in [0.4, 0.5) is 5.13 Å². The highest BCUT2D eigenvalue weighted by molar-refractivity contribution is 7.22. The summed E-state index contributed by atoms with van der Waals surface area (Å²) in [5.41, 5.74) is 5.47. The van der Waals surface area contributed by atoms with E-state index in [9.17, 15) is 4.79 Å². The molecule has 0 aliphatic rings. The molecule has 0 unspecified atom stereocenters. The second-order valence-electron chi connectivity index (χ2n) is 5.15. The smallest absolute Gasteiger partial charge is 0.341 e. The zero-order valence-corrected chi connectivity index (χ0v) is 14.8. The van der Waals surface area contributed by atoms with Gasteiger partial charge < -0.3 is 9.84 Å². The van der Waals surface area contributed by atoms with E-state index in [1.54, 1.807) is 18.2 Å². The van der Waals surface area contributed by atoms with Crippen molar-refractivity contribution >= 4 is 50.0 Å². The summed E-state index contributed by atoms with van der Waals surface area (Å²) < 4.78 is 6.09. The lowest BCUT2D eigenvalue weighted by Crippen LogP contribution is -2.09. The van der Waals surface area contributed by atoms with E-state index in [-0.39, 0.29) is 6.61 Å². The average molecular weight is 376 g/mol. The van der Waals surface area contributed by atoms with E-state index in [4.69, 9.17) is 21.4 Å². The molecule has 2 N–H and O–H groups in total. The van der Waals surface area contributed by atoms with Crippen LogP contribution in [-0.4, -0.2) is 28.4 Å². The quantitative estimate of drug-likeness (QED) is 0.497. The summed E-state index contributed by atoms with van der Waals surface area (Å²) in [6.07, 6.45) is 0. The molecule has 3 rings (SSSR count). The van der Waals surface area contributed by atoms with Crippen molar-refractivity contribution in [1.82, 2.24) is 4.98 Å². The Labute approximate surface area is 152 Å². The number of nitrogens with one attached hydrogen (secondary N) is 1. The fourth-order valence-corrected chi connectivity index (χ4v) is 3.16. The van der Waals surface area contributed by atoms with Crippen molar-refractivity contribution in [3.8, 4) is 5.75 Å². The van der Waals surface area contributed by atoms with Crippen molar-refractivity contribution in [2.75, 3.05) is 12.0 Å². The molecular formula is C17H14ClN3O3S. The van der Waals surface area contributed by atoms with Gasteiger partial charge in [-0.15, -0.1) is 0 Å². The van der Waals surface area contributed by atoms with Gasteiger partial charge in [0.1, 0.15) is 5.75 Å². The maximum atomic E-state index is 10.5. The number of nitrogens with zero attached hydrogens (tertiary/aromatic N) is 2. The highest BCUT2D eigenvalue weighted by Gasteiger charge is 2.05. The fourth-order valence-electron chi connectivity index (χ4n) is 2.08. The van der Waals surface area contributed by atoms with E-state index in [0.717, 1.165) is 21.5 Å². The molecule has 0 fully saturated rings. The number of aliphatic carboxylic acids is 1. The van der Waals surface area contributed by atoms with Gasteiger partial charge >= 0.3 is 5.97 Å². The Bertz CT molecular complexity index is 938. The third-order valence-electron chi connectivity index (χ3n) is 3.30. The Balaban J connectivity index is 1.68. The number of thiazole rings is 1. The summed E-state index contributed by atoms with van der Waals surface area (Å²) in [5, 5.41) is 14.3. The lowest BCUT2D eigenvalue weighted by molar-refractivity contribution is -0.139. The molecule has 0 bridgehead atoms. The first-order valence-corrected chi connectivity index (χ1v) is 8.52. The maximum Gasteiger partial charge on any atom is 0.341 e. The SMILES string of the molecule is CC(=NNc1nc2ccc(Cl)cc2s1)c1ccc(OCC(=O)O)cc1. The van der Waals surface area contributed by atoms with Gasteiger partial charge in [0, 0.05) is 5.02 Å². The number of anilines is 1. The van der Waals surface area contributed by atoms with Crippen molar-refractivity contribution in [2.24, 2.45) is 5.10 Å². The number of hydrazone groups is 1. The van der Waals surface area contributed by atoms with Gasteiger partial charge in [-0.1, -0.05) is 22.9 Å². The maximum absolute atomic E-state index is 10.5. The largest absolute Gasteiger partial charge is 0.482 e. The minimum Gasteiger partial charge on any atom is -0.482 e. The molecule has 0 radical (unpaired) electrons. The van der Waals surface area contributed by atoms with Gasteiger partial charge in [-0.25, -0.2) is 9.78 Å². The molecule has 0 amide bonds. The summed E-state index contributed by atoms with van der Waals surface area (Å²) in [6.45, 7) is 1.50. The number of halogens is 1. The number of rotatable bonds is 6. The molecule has 6 nitrogen and oxygen atoms in total. The van der Waals surface area contributed by atoms with Crippen LogP contribution in [0.25, 0.3) is 10.2 Å². The molecular weight excluding hydrogens is 362 g/mol. The topological polar surface area (TPSA) is 83.8 Å². The predicted octanol–water partition coefficient (Wildman–Crippen LogP) is 4.25. The summed E-state index contributed by atoms with van der Waals surface area (Å²) in [5.74, 6) is -0.516. The van der Waals surface area contributed by atoms with Crippen LogP contribution in [0, 0.1) is 0 Å². The third kappa shape index (κ3) is 4.46. The first-order chi connectivity index (χ1) is 12.0. The zero-order chi connectivity index (χ0) is 17.8. The molecule has 0 saturated carbocycles. The standard InChI is InChI=1S/C17H14ClN3O3S/c1-10(11-2-5-13(6-3-11)24-9-16(22)23)20-21-17-19-14-7-4-12(18)8-15(14)25-17/h2-8H,9H2,1H3,(H,19,21)(H,22,23). The number of carbonyl (C=O) groups is 1. The lowest BCUT2D eigenvalue weighted by atomic mass is 10.1. The number of hydrogen-bond acceptors (Lipinski definition) is 6. The number of hydrogen-bond donors (Lipinski definition) is 2. The molecule has 0 atom stereocenters. The van der Waals surface area contributed by atoms with E-state index < -0.39 is 5.97 Å². The Morgan fingerprint density at radius 1 is 1.32 bits per heavy atom. The molecule has 0 saturated heterocycles. The average Bonchev–Trinajstić information content (AvgIpc) is 3.00. The first-order valence-electron chi connectivity index (χ1n) is 7.33. The third-order valence-corrected chi connectivity index (χ3v) is 4.46. The van der Waals surface area contributed by atoms with E-state index >= 15 is 0 Å². The van der Waals surface area contributed by atoms with Crippen LogP contribution in [0.3, 0.4) is 0 Å².